The molecule has 0 aromatic carbocycles. The number of nitrogens with one attached hydrogen (secondary N) is 2. The maximum Gasteiger partial charge on any atom is 0.220 e. The quantitative estimate of drug-likeness (QED) is 0.404. The van der Waals surface area contributed by atoms with E-state index < -0.39 is 0 Å². The molecule has 0 aliphatic heterocycles. The van der Waals surface area contributed by atoms with Crippen LogP contribution in [0.5, 0.6) is 0 Å². The highest BCUT2D eigenvalue weighted by atomic mass is 16.2. The van der Waals surface area contributed by atoms with Gasteiger partial charge in [0.25, 0.3) is 0 Å². The van der Waals surface area contributed by atoms with Gasteiger partial charge in [-0.05, 0) is 51.6 Å². The van der Waals surface area contributed by atoms with Gasteiger partial charge in [0.15, 0.2) is 0 Å². The summed E-state index contributed by atoms with van der Waals surface area (Å²) in [7, 11) is 0. The number of unbranched alkanes of at least 4 members (excludes halogenated alkanes) is 4. The molecule has 0 spiro atoms. The van der Waals surface area contributed by atoms with Gasteiger partial charge < -0.3 is 22.1 Å². The Morgan fingerprint density at radius 3 is 1.50 bits per heavy atom. The molecule has 0 bridgehead atoms. The molecule has 1 rings (SSSR count). The van der Waals surface area contributed by atoms with E-state index in [1.807, 2.05) is 0 Å². The molecule has 0 aromatic heterocycles. The van der Waals surface area contributed by atoms with Crippen LogP contribution in [0.1, 0.15) is 77.0 Å². The van der Waals surface area contributed by atoms with Crippen LogP contribution >= 0.6 is 0 Å². The minimum absolute atomic E-state index is 0.0775. The summed E-state index contributed by atoms with van der Waals surface area (Å²) < 4.78 is 0. The fraction of sp³-hybridized carbons (Fsp3) is 0.889. The average Bonchev–Trinajstić information content (AvgIpc) is 2.57. The molecule has 1 fully saturated rings. The second-order valence-corrected chi connectivity index (χ2v) is 6.83. The Labute approximate surface area is 146 Å². The van der Waals surface area contributed by atoms with Crippen LogP contribution in [0.4, 0.5) is 0 Å². The van der Waals surface area contributed by atoms with E-state index in [9.17, 15) is 9.59 Å². The first kappa shape index (κ1) is 20.9. The highest BCUT2D eigenvalue weighted by Gasteiger charge is 2.27. The number of carbonyl (C=O) groups excluding carboxylic acids is 2. The van der Waals surface area contributed by atoms with Gasteiger partial charge >= 0.3 is 0 Å². The van der Waals surface area contributed by atoms with Crippen molar-refractivity contribution in [2.24, 2.45) is 11.5 Å². The van der Waals surface area contributed by atoms with Crippen LogP contribution in [-0.4, -0.2) is 37.0 Å². The van der Waals surface area contributed by atoms with Gasteiger partial charge in [0, 0.05) is 24.9 Å². The second-order valence-electron chi connectivity index (χ2n) is 6.83. The number of hydrogen-bond acceptors (Lipinski definition) is 4. The van der Waals surface area contributed by atoms with Crippen LogP contribution in [-0.2, 0) is 9.59 Å². The van der Waals surface area contributed by atoms with E-state index in [2.05, 4.69) is 10.6 Å². The van der Waals surface area contributed by atoms with Crippen molar-refractivity contribution in [3.8, 4) is 0 Å². The molecule has 2 amide bonds. The Morgan fingerprint density at radius 1 is 0.708 bits per heavy atom. The first-order chi connectivity index (χ1) is 11.7. The summed E-state index contributed by atoms with van der Waals surface area (Å²) in [6.45, 7) is 1.37. The zero-order valence-electron chi connectivity index (χ0n) is 15.0. The summed E-state index contributed by atoms with van der Waals surface area (Å²) >= 11 is 0. The predicted octanol–water partition coefficient (Wildman–Crippen LogP) is 1.57. The highest BCUT2D eigenvalue weighted by molar-refractivity contribution is 5.77. The van der Waals surface area contributed by atoms with Crippen LogP contribution in [0.15, 0.2) is 0 Å². The van der Waals surface area contributed by atoms with Crippen LogP contribution < -0.4 is 22.1 Å². The number of hydrogen-bond donors (Lipinski definition) is 4. The number of nitrogens with two attached hydrogens (primary N) is 2. The monoisotopic (exact) mass is 340 g/mol. The standard InChI is InChI=1S/C18H36N4O2/c19-13-7-1-3-11-17(23)21-15-9-5-6-10-16(15)22-18(24)12-4-2-8-14-20/h15-16H,1-14,19-20H2,(H,21,23)(H,22,24)/t15-,16-/m1/s1. The Bertz CT molecular complexity index is 329. The van der Waals surface area contributed by atoms with Crippen molar-refractivity contribution in [1.82, 2.24) is 10.6 Å². The van der Waals surface area contributed by atoms with E-state index in [0.29, 0.717) is 25.9 Å². The Morgan fingerprint density at radius 2 is 1.12 bits per heavy atom. The van der Waals surface area contributed by atoms with Crippen LogP contribution in [0.25, 0.3) is 0 Å². The lowest BCUT2D eigenvalue weighted by Crippen LogP contribution is -2.53. The van der Waals surface area contributed by atoms with Gasteiger partial charge in [-0.15, -0.1) is 0 Å². The third-order valence-electron chi connectivity index (χ3n) is 4.67. The summed E-state index contributed by atoms with van der Waals surface area (Å²) in [4.78, 5) is 24.2. The predicted molar refractivity (Wildman–Crippen MR) is 97.4 cm³/mol. The van der Waals surface area contributed by atoms with E-state index in [-0.39, 0.29) is 23.9 Å². The van der Waals surface area contributed by atoms with Crippen LogP contribution in [0.3, 0.4) is 0 Å². The molecule has 0 heterocycles. The lowest BCUT2D eigenvalue weighted by atomic mass is 9.90. The maximum atomic E-state index is 12.1. The highest BCUT2D eigenvalue weighted by Crippen LogP contribution is 2.19. The molecule has 0 unspecified atom stereocenters. The van der Waals surface area contributed by atoms with Gasteiger partial charge in [0.2, 0.25) is 11.8 Å². The van der Waals surface area contributed by atoms with Crippen molar-refractivity contribution in [3.05, 3.63) is 0 Å². The molecule has 24 heavy (non-hydrogen) atoms. The number of rotatable bonds is 12. The zero-order chi connectivity index (χ0) is 17.6. The minimum Gasteiger partial charge on any atom is -0.351 e. The molecule has 140 valence electrons. The van der Waals surface area contributed by atoms with Crippen molar-refractivity contribution >= 4 is 11.8 Å². The molecule has 6 nitrogen and oxygen atoms in total. The van der Waals surface area contributed by atoms with Crippen molar-refractivity contribution in [1.29, 1.82) is 0 Å². The third-order valence-corrected chi connectivity index (χ3v) is 4.67. The topological polar surface area (TPSA) is 110 Å². The molecule has 1 saturated carbocycles. The van der Waals surface area contributed by atoms with Gasteiger partial charge in [-0.1, -0.05) is 25.7 Å². The summed E-state index contributed by atoms with van der Waals surface area (Å²) in [6.07, 6.45) is 10.9. The first-order valence-corrected chi connectivity index (χ1v) is 9.66. The normalized spacial score (nSPS) is 20.6. The van der Waals surface area contributed by atoms with Gasteiger partial charge in [-0.3, -0.25) is 9.59 Å². The third kappa shape index (κ3) is 9.23. The van der Waals surface area contributed by atoms with E-state index in [1.54, 1.807) is 0 Å². The molecule has 6 heteroatoms. The summed E-state index contributed by atoms with van der Waals surface area (Å²) in [6, 6.07) is 0.155. The minimum atomic E-state index is 0.0775. The Balaban J connectivity index is 2.30. The molecule has 0 aromatic rings. The molecule has 6 N–H and O–H groups in total. The molecule has 1 aliphatic carbocycles. The van der Waals surface area contributed by atoms with Crippen LogP contribution in [0, 0.1) is 0 Å². The maximum absolute atomic E-state index is 12.1. The summed E-state index contributed by atoms with van der Waals surface area (Å²) in [5.41, 5.74) is 10.9. The van der Waals surface area contributed by atoms with Gasteiger partial charge in [-0.25, -0.2) is 0 Å². The number of amides is 2. The van der Waals surface area contributed by atoms with Gasteiger partial charge in [0.05, 0.1) is 0 Å². The fourth-order valence-corrected chi connectivity index (χ4v) is 3.25. The molecular formula is C18H36N4O2. The van der Waals surface area contributed by atoms with E-state index in [1.165, 1.54) is 0 Å². The van der Waals surface area contributed by atoms with Crippen molar-refractivity contribution < 1.29 is 9.59 Å². The largest absolute Gasteiger partial charge is 0.351 e. The molecule has 1 aliphatic rings. The van der Waals surface area contributed by atoms with Crippen LogP contribution in [0.2, 0.25) is 0 Å². The first-order valence-electron chi connectivity index (χ1n) is 9.66. The van der Waals surface area contributed by atoms with E-state index >= 15 is 0 Å². The molecular weight excluding hydrogens is 304 g/mol. The van der Waals surface area contributed by atoms with Gasteiger partial charge in [-0.2, -0.15) is 0 Å². The second kappa shape index (κ2) is 13.2. The SMILES string of the molecule is NCCCCCC(=O)N[C@@H]1CCCC[C@H]1NC(=O)CCCCCN. The lowest BCUT2D eigenvalue weighted by molar-refractivity contribution is -0.125. The summed E-state index contributed by atoms with van der Waals surface area (Å²) in [5.74, 6) is 0.197. The van der Waals surface area contributed by atoms with Crippen molar-refractivity contribution in [3.63, 3.8) is 0 Å². The molecule has 2 atom stereocenters. The molecule has 0 saturated heterocycles. The number of carbonyl (C=O) groups is 2. The fourth-order valence-electron chi connectivity index (χ4n) is 3.25. The average molecular weight is 341 g/mol. The van der Waals surface area contributed by atoms with E-state index in [4.69, 9.17) is 11.5 Å². The zero-order valence-corrected chi connectivity index (χ0v) is 15.0. The Kier molecular flexibility index (Phi) is 11.5. The molecule has 0 radical (unpaired) electrons. The van der Waals surface area contributed by atoms with Gasteiger partial charge in [0.1, 0.15) is 0 Å². The van der Waals surface area contributed by atoms with E-state index in [0.717, 1.165) is 64.2 Å². The van der Waals surface area contributed by atoms with Crippen molar-refractivity contribution in [2.75, 3.05) is 13.1 Å². The van der Waals surface area contributed by atoms with Crippen molar-refractivity contribution in [2.45, 2.75) is 89.1 Å². The smallest absolute Gasteiger partial charge is 0.220 e. The summed E-state index contributed by atoms with van der Waals surface area (Å²) in [5, 5.41) is 6.25. The Hall–Kier alpha value is -1.14. The lowest BCUT2D eigenvalue weighted by Gasteiger charge is -2.33.